The quantitative estimate of drug-likeness (QED) is 0.729. The minimum atomic E-state index is -3.55. The number of hydrogen-bond acceptors (Lipinski definition) is 5. The Bertz CT molecular complexity index is 646. The van der Waals surface area contributed by atoms with E-state index in [-0.39, 0.29) is 11.4 Å². The highest BCUT2D eigenvalue weighted by Crippen LogP contribution is 2.19. The second-order valence-electron chi connectivity index (χ2n) is 4.36. The fourth-order valence-electron chi connectivity index (χ4n) is 1.85. The van der Waals surface area contributed by atoms with Gasteiger partial charge in [-0.15, -0.1) is 0 Å². The van der Waals surface area contributed by atoms with E-state index in [2.05, 4.69) is 9.82 Å². The molecule has 0 aliphatic rings. The van der Waals surface area contributed by atoms with Crippen LogP contribution in [0.1, 0.15) is 17.9 Å². The van der Waals surface area contributed by atoms with E-state index >= 15 is 0 Å². The topological polar surface area (TPSA) is 103 Å². The summed E-state index contributed by atoms with van der Waals surface area (Å²) in [7, 11) is -3.55. The molecule has 0 saturated heterocycles. The molecule has 2 aromatic rings. The monoisotopic (exact) mass is 298 g/mol. The van der Waals surface area contributed by atoms with Crippen LogP contribution < -0.4 is 10.5 Å². The van der Waals surface area contributed by atoms with E-state index in [0.717, 1.165) is 0 Å². The molecule has 7 nitrogen and oxygen atoms in total. The first-order chi connectivity index (χ1) is 9.53. The molecule has 0 aromatic carbocycles. The van der Waals surface area contributed by atoms with Crippen LogP contribution in [-0.2, 0) is 23.1 Å². The van der Waals surface area contributed by atoms with Gasteiger partial charge in [-0.05, 0) is 19.4 Å². The summed E-state index contributed by atoms with van der Waals surface area (Å²) in [6.07, 6.45) is 4.18. The van der Waals surface area contributed by atoms with E-state index in [1.165, 1.54) is 6.07 Å². The Labute approximate surface area is 117 Å². The van der Waals surface area contributed by atoms with Crippen molar-refractivity contribution in [1.29, 1.82) is 0 Å². The Hall–Kier alpha value is -1.64. The normalized spacial score (nSPS) is 11.9. The third-order valence-electron chi connectivity index (χ3n) is 2.83. The highest BCUT2D eigenvalue weighted by Gasteiger charge is 2.20. The van der Waals surface area contributed by atoms with Crippen molar-refractivity contribution in [3.05, 3.63) is 36.0 Å². The lowest BCUT2D eigenvalue weighted by Gasteiger charge is -2.05. The van der Waals surface area contributed by atoms with Gasteiger partial charge in [-0.25, -0.2) is 13.1 Å². The second kappa shape index (κ2) is 6.21. The third kappa shape index (κ3) is 3.47. The molecule has 0 unspecified atom stereocenters. The molecule has 0 atom stereocenters. The van der Waals surface area contributed by atoms with Crippen LogP contribution in [0.15, 0.2) is 33.8 Å². The first kappa shape index (κ1) is 14.8. The maximum Gasteiger partial charge on any atom is 0.244 e. The summed E-state index contributed by atoms with van der Waals surface area (Å²) in [5.41, 5.74) is 5.43. The molecule has 2 heterocycles. The maximum atomic E-state index is 12.1. The molecule has 20 heavy (non-hydrogen) atoms. The number of furan rings is 1. The molecule has 0 aliphatic heterocycles. The Morgan fingerprint density at radius 1 is 1.50 bits per heavy atom. The highest BCUT2D eigenvalue weighted by molar-refractivity contribution is 7.89. The standard InChI is InChI=1S/C12H18N4O3S/c1-10-12(8-11(9-13)19-10)20(17,18)15-5-3-7-16-6-2-4-14-16/h2,4,6,8,15H,3,5,7,9,13H2,1H3. The molecular formula is C12H18N4O3S. The minimum Gasteiger partial charge on any atom is -0.464 e. The van der Waals surface area contributed by atoms with Gasteiger partial charge in [0.05, 0.1) is 6.54 Å². The Kier molecular flexibility index (Phi) is 4.58. The van der Waals surface area contributed by atoms with E-state index in [1.807, 2.05) is 12.3 Å². The summed E-state index contributed by atoms with van der Waals surface area (Å²) in [6, 6.07) is 3.29. The number of aromatic nitrogens is 2. The first-order valence-corrected chi connectivity index (χ1v) is 7.77. The largest absolute Gasteiger partial charge is 0.464 e. The molecule has 0 bridgehead atoms. The summed E-state index contributed by atoms with van der Waals surface area (Å²) in [5.74, 6) is 0.810. The molecular weight excluding hydrogens is 280 g/mol. The van der Waals surface area contributed by atoms with Crippen LogP contribution in [-0.4, -0.2) is 24.7 Å². The lowest BCUT2D eigenvalue weighted by molar-refractivity contribution is 0.478. The SMILES string of the molecule is Cc1oc(CN)cc1S(=O)(=O)NCCCn1cccn1. The zero-order valence-corrected chi connectivity index (χ0v) is 12.1. The number of rotatable bonds is 7. The fourth-order valence-corrected chi connectivity index (χ4v) is 3.12. The average Bonchev–Trinajstić information content (AvgIpc) is 3.04. The van der Waals surface area contributed by atoms with Gasteiger partial charge in [-0.1, -0.05) is 0 Å². The van der Waals surface area contributed by atoms with Gasteiger partial charge in [0.1, 0.15) is 16.4 Å². The fraction of sp³-hybridized carbons (Fsp3) is 0.417. The molecule has 2 rings (SSSR count). The van der Waals surface area contributed by atoms with Crippen LogP contribution in [0.4, 0.5) is 0 Å². The van der Waals surface area contributed by atoms with Crippen LogP contribution in [0, 0.1) is 6.92 Å². The van der Waals surface area contributed by atoms with Crippen LogP contribution in [0.2, 0.25) is 0 Å². The van der Waals surface area contributed by atoms with Crippen molar-refractivity contribution in [2.75, 3.05) is 6.54 Å². The number of nitrogens with two attached hydrogens (primary N) is 1. The summed E-state index contributed by atoms with van der Waals surface area (Å²) < 4.78 is 33.8. The molecule has 0 amide bonds. The van der Waals surface area contributed by atoms with Crippen molar-refractivity contribution in [3.63, 3.8) is 0 Å². The van der Waals surface area contributed by atoms with Gasteiger partial charge >= 0.3 is 0 Å². The third-order valence-corrected chi connectivity index (χ3v) is 4.40. The predicted octanol–water partition coefficient (Wildman–Crippen LogP) is 0.612. The number of aryl methyl sites for hydroxylation is 2. The van der Waals surface area contributed by atoms with Gasteiger partial charge < -0.3 is 10.2 Å². The van der Waals surface area contributed by atoms with Crippen molar-refractivity contribution >= 4 is 10.0 Å². The number of hydrogen-bond donors (Lipinski definition) is 2. The summed E-state index contributed by atoms with van der Waals surface area (Å²) in [4.78, 5) is 0.150. The van der Waals surface area contributed by atoms with Gasteiger partial charge in [-0.3, -0.25) is 4.68 Å². The molecule has 0 saturated carbocycles. The smallest absolute Gasteiger partial charge is 0.244 e. The van der Waals surface area contributed by atoms with Gasteiger partial charge in [0.15, 0.2) is 0 Å². The summed E-state index contributed by atoms with van der Waals surface area (Å²) in [5, 5.41) is 4.05. The van der Waals surface area contributed by atoms with Gasteiger partial charge in [-0.2, -0.15) is 5.10 Å². The molecule has 0 radical (unpaired) electrons. The van der Waals surface area contributed by atoms with Gasteiger partial charge in [0, 0.05) is 31.5 Å². The van der Waals surface area contributed by atoms with E-state index < -0.39 is 10.0 Å². The summed E-state index contributed by atoms with van der Waals surface area (Å²) in [6.45, 7) is 2.78. The molecule has 0 aliphatic carbocycles. The van der Waals surface area contributed by atoms with Crippen LogP contribution in [0.5, 0.6) is 0 Å². The molecule has 0 spiro atoms. The number of sulfonamides is 1. The van der Waals surface area contributed by atoms with Crippen molar-refractivity contribution < 1.29 is 12.8 Å². The van der Waals surface area contributed by atoms with Crippen molar-refractivity contribution in [1.82, 2.24) is 14.5 Å². The van der Waals surface area contributed by atoms with Crippen molar-refractivity contribution in [2.24, 2.45) is 5.73 Å². The second-order valence-corrected chi connectivity index (χ2v) is 6.09. The van der Waals surface area contributed by atoms with Gasteiger partial charge in [0.2, 0.25) is 10.0 Å². The van der Waals surface area contributed by atoms with Crippen molar-refractivity contribution in [2.45, 2.75) is 31.3 Å². The molecule has 110 valence electrons. The van der Waals surface area contributed by atoms with Gasteiger partial charge in [0.25, 0.3) is 0 Å². The van der Waals surface area contributed by atoms with Crippen molar-refractivity contribution in [3.8, 4) is 0 Å². The lowest BCUT2D eigenvalue weighted by atomic mass is 10.4. The number of nitrogens with one attached hydrogen (secondary N) is 1. The minimum absolute atomic E-state index is 0.150. The lowest BCUT2D eigenvalue weighted by Crippen LogP contribution is -2.25. The van der Waals surface area contributed by atoms with E-state index in [9.17, 15) is 8.42 Å². The zero-order valence-electron chi connectivity index (χ0n) is 11.2. The van der Waals surface area contributed by atoms with Crippen LogP contribution in [0.25, 0.3) is 0 Å². The van der Waals surface area contributed by atoms with E-state index in [0.29, 0.717) is 31.0 Å². The maximum absolute atomic E-state index is 12.1. The highest BCUT2D eigenvalue weighted by atomic mass is 32.2. The number of nitrogens with zero attached hydrogens (tertiary/aromatic N) is 2. The Balaban J connectivity index is 1.91. The van der Waals surface area contributed by atoms with Crippen LogP contribution in [0.3, 0.4) is 0 Å². The first-order valence-electron chi connectivity index (χ1n) is 6.29. The predicted molar refractivity (Wildman–Crippen MR) is 73.4 cm³/mol. The van der Waals surface area contributed by atoms with E-state index in [4.69, 9.17) is 10.2 Å². The summed E-state index contributed by atoms with van der Waals surface area (Å²) >= 11 is 0. The van der Waals surface area contributed by atoms with E-state index in [1.54, 1.807) is 17.8 Å². The molecule has 2 aromatic heterocycles. The average molecular weight is 298 g/mol. The Morgan fingerprint density at radius 2 is 2.30 bits per heavy atom. The van der Waals surface area contributed by atoms with Crippen LogP contribution >= 0.6 is 0 Å². The Morgan fingerprint density at radius 3 is 2.90 bits per heavy atom. The zero-order chi connectivity index (χ0) is 14.6. The molecule has 3 N–H and O–H groups in total. The molecule has 8 heteroatoms. The molecule has 0 fully saturated rings.